The van der Waals surface area contributed by atoms with Crippen molar-refractivity contribution in [1.82, 2.24) is 15.1 Å². The Morgan fingerprint density at radius 1 is 1.33 bits per heavy atom. The lowest BCUT2D eigenvalue weighted by Crippen LogP contribution is -2.30. The van der Waals surface area contributed by atoms with Crippen LogP contribution in [0.25, 0.3) is 0 Å². The highest BCUT2D eigenvalue weighted by Crippen LogP contribution is 2.43. The fourth-order valence-electron chi connectivity index (χ4n) is 2.63. The van der Waals surface area contributed by atoms with Crippen LogP contribution < -0.4 is 5.32 Å². The Balaban J connectivity index is 1.49. The average Bonchev–Trinajstić information content (AvgIpc) is 3.13. The molecule has 4 nitrogen and oxygen atoms in total. The van der Waals surface area contributed by atoms with Crippen molar-refractivity contribution in [2.24, 2.45) is 5.92 Å². The van der Waals surface area contributed by atoms with Gasteiger partial charge in [-0.25, -0.2) is 0 Å². The summed E-state index contributed by atoms with van der Waals surface area (Å²) in [5.41, 5.74) is 2.05. The Labute approximate surface area is 151 Å². The van der Waals surface area contributed by atoms with Gasteiger partial charge < -0.3 is 5.32 Å². The average molecular weight is 362 g/mol. The van der Waals surface area contributed by atoms with Gasteiger partial charge in [0.2, 0.25) is 0 Å². The first-order valence-corrected chi connectivity index (χ1v) is 10.4. The molecule has 1 aromatic carbocycles. The zero-order valence-electron chi connectivity index (χ0n) is 13.9. The van der Waals surface area contributed by atoms with Crippen molar-refractivity contribution in [3.63, 3.8) is 0 Å². The highest BCUT2D eigenvalue weighted by molar-refractivity contribution is 8.16. The lowest BCUT2D eigenvalue weighted by Gasteiger charge is -2.21. The number of aromatic nitrogens is 2. The quantitative estimate of drug-likeness (QED) is 0.850. The molecular formula is C18H23N3OS2. The zero-order chi connectivity index (χ0) is 16.8. The molecule has 0 radical (unpaired) electrons. The van der Waals surface area contributed by atoms with Crippen LogP contribution in [0.15, 0.2) is 42.7 Å². The fraction of sp³-hybridized carbons (Fsp3) is 0.444. The van der Waals surface area contributed by atoms with Gasteiger partial charge in [0.25, 0.3) is 5.91 Å². The number of hydrogen-bond acceptors (Lipinski definition) is 4. The van der Waals surface area contributed by atoms with Crippen LogP contribution in [0.1, 0.15) is 33.8 Å². The summed E-state index contributed by atoms with van der Waals surface area (Å²) in [6.45, 7) is 3.57. The van der Waals surface area contributed by atoms with Crippen molar-refractivity contribution in [3.05, 3.63) is 53.9 Å². The molecular weight excluding hydrogens is 338 g/mol. The van der Waals surface area contributed by atoms with Gasteiger partial charge in [-0.15, -0.1) is 23.5 Å². The zero-order valence-corrected chi connectivity index (χ0v) is 15.5. The van der Waals surface area contributed by atoms with Crippen LogP contribution in [0.3, 0.4) is 0 Å². The molecule has 1 saturated heterocycles. The molecule has 1 fully saturated rings. The van der Waals surface area contributed by atoms with Gasteiger partial charge in [0.1, 0.15) is 0 Å². The minimum absolute atomic E-state index is 0.00202. The van der Waals surface area contributed by atoms with E-state index in [1.807, 2.05) is 52.6 Å². The number of hydrogen-bond donors (Lipinski definition) is 1. The lowest BCUT2D eigenvalue weighted by atomic mass is 10.1. The van der Waals surface area contributed by atoms with Gasteiger partial charge in [-0.3, -0.25) is 9.48 Å². The molecule has 2 heterocycles. The second kappa shape index (κ2) is 8.62. The molecule has 1 unspecified atom stereocenters. The molecule has 1 aliphatic heterocycles. The van der Waals surface area contributed by atoms with E-state index in [4.69, 9.17) is 0 Å². The van der Waals surface area contributed by atoms with E-state index in [1.165, 1.54) is 23.5 Å². The largest absolute Gasteiger partial charge is 0.352 e. The van der Waals surface area contributed by atoms with E-state index in [2.05, 4.69) is 29.5 Å². The van der Waals surface area contributed by atoms with Crippen molar-refractivity contribution in [3.8, 4) is 0 Å². The van der Waals surface area contributed by atoms with E-state index in [0.29, 0.717) is 17.0 Å². The van der Waals surface area contributed by atoms with E-state index < -0.39 is 0 Å². The maximum Gasteiger partial charge on any atom is 0.251 e. The summed E-state index contributed by atoms with van der Waals surface area (Å²) < 4.78 is 2.41. The fourth-order valence-corrected chi connectivity index (χ4v) is 5.53. The van der Waals surface area contributed by atoms with Gasteiger partial charge in [-0.05, 0) is 47.6 Å². The number of carbonyl (C=O) groups excluding carboxylic acids is 1. The second-order valence-corrected chi connectivity index (χ2v) is 8.82. The number of nitrogens with zero attached hydrogens (tertiary/aromatic N) is 2. The number of rotatable bonds is 6. The Hall–Kier alpha value is -1.40. The third-order valence-corrected chi connectivity index (χ3v) is 6.96. The molecule has 1 aliphatic rings. The predicted molar refractivity (Wildman–Crippen MR) is 102 cm³/mol. The van der Waals surface area contributed by atoms with Crippen LogP contribution in [0, 0.1) is 5.92 Å². The summed E-state index contributed by atoms with van der Waals surface area (Å²) in [4.78, 5) is 12.3. The Kier molecular flexibility index (Phi) is 6.26. The minimum Gasteiger partial charge on any atom is -0.352 e. The third-order valence-electron chi connectivity index (χ3n) is 3.94. The van der Waals surface area contributed by atoms with Gasteiger partial charge in [0.05, 0.1) is 4.58 Å². The van der Waals surface area contributed by atoms with Gasteiger partial charge in [0, 0.05) is 31.0 Å². The first-order valence-electron chi connectivity index (χ1n) is 8.31. The van der Waals surface area contributed by atoms with E-state index in [0.717, 1.165) is 12.1 Å². The molecule has 24 heavy (non-hydrogen) atoms. The highest BCUT2D eigenvalue weighted by Gasteiger charge is 2.17. The van der Waals surface area contributed by atoms with Crippen molar-refractivity contribution in [1.29, 1.82) is 0 Å². The van der Waals surface area contributed by atoms with Crippen LogP contribution in [0.5, 0.6) is 0 Å². The van der Waals surface area contributed by atoms with E-state index in [9.17, 15) is 4.79 Å². The number of thioether (sulfide) groups is 2. The standard InChI is InChI=1S/C18H23N3OS2/c1-14(13-21-9-2-8-20-21)12-19-17(22)15-4-6-16(7-5-15)18-23-10-3-11-24-18/h2,4-9,14,18H,3,10-13H2,1H3,(H,19,22). The number of carbonyl (C=O) groups is 1. The summed E-state index contributed by atoms with van der Waals surface area (Å²) >= 11 is 4.00. The van der Waals surface area contributed by atoms with Gasteiger partial charge in [-0.1, -0.05) is 19.1 Å². The molecule has 3 rings (SSSR count). The predicted octanol–water partition coefficient (Wildman–Crippen LogP) is 3.82. The van der Waals surface area contributed by atoms with Gasteiger partial charge >= 0.3 is 0 Å². The maximum absolute atomic E-state index is 12.3. The SMILES string of the molecule is CC(CNC(=O)c1ccc(C2SCCCS2)cc1)Cn1cccn1. The van der Waals surface area contributed by atoms with Crippen LogP contribution in [-0.2, 0) is 6.54 Å². The van der Waals surface area contributed by atoms with Crippen molar-refractivity contribution in [2.75, 3.05) is 18.1 Å². The van der Waals surface area contributed by atoms with Crippen molar-refractivity contribution in [2.45, 2.75) is 24.5 Å². The van der Waals surface area contributed by atoms with Gasteiger partial charge in [-0.2, -0.15) is 5.10 Å². The molecule has 0 spiro atoms. The Morgan fingerprint density at radius 2 is 2.08 bits per heavy atom. The van der Waals surface area contributed by atoms with Gasteiger partial charge in [0.15, 0.2) is 0 Å². The van der Waals surface area contributed by atoms with Crippen molar-refractivity contribution >= 4 is 29.4 Å². The molecule has 1 atom stereocenters. The van der Waals surface area contributed by atoms with Crippen molar-refractivity contribution < 1.29 is 4.79 Å². The summed E-state index contributed by atoms with van der Waals surface area (Å²) in [5.74, 6) is 2.79. The smallest absolute Gasteiger partial charge is 0.251 e. The minimum atomic E-state index is -0.00202. The first kappa shape index (κ1) is 17.4. The normalized spacial score (nSPS) is 16.7. The lowest BCUT2D eigenvalue weighted by molar-refractivity contribution is 0.0946. The number of benzene rings is 1. The molecule has 1 amide bonds. The summed E-state index contributed by atoms with van der Waals surface area (Å²) in [7, 11) is 0. The molecule has 0 bridgehead atoms. The first-order chi connectivity index (χ1) is 11.7. The molecule has 0 saturated carbocycles. The number of nitrogens with one attached hydrogen (secondary N) is 1. The monoisotopic (exact) mass is 361 g/mol. The van der Waals surface area contributed by atoms with E-state index >= 15 is 0 Å². The topological polar surface area (TPSA) is 46.9 Å². The molecule has 1 N–H and O–H groups in total. The van der Waals surface area contributed by atoms with E-state index in [-0.39, 0.29) is 5.91 Å². The summed E-state index contributed by atoms with van der Waals surface area (Å²) in [5, 5.41) is 7.22. The number of amides is 1. The molecule has 6 heteroatoms. The molecule has 0 aliphatic carbocycles. The van der Waals surface area contributed by atoms with Crippen LogP contribution in [-0.4, -0.2) is 33.7 Å². The highest BCUT2D eigenvalue weighted by atomic mass is 32.2. The molecule has 2 aromatic rings. The molecule has 128 valence electrons. The van der Waals surface area contributed by atoms with E-state index in [1.54, 1.807) is 6.20 Å². The van der Waals surface area contributed by atoms with Crippen LogP contribution in [0.4, 0.5) is 0 Å². The Morgan fingerprint density at radius 3 is 2.75 bits per heavy atom. The maximum atomic E-state index is 12.3. The summed E-state index contributed by atoms with van der Waals surface area (Å²) in [6.07, 6.45) is 5.01. The second-order valence-electron chi connectivity index (χ2n) is 6.09. The molecule has 1 aromatic heterocycles. The van der Waals surface area contributed by atoms with Crippen LogP contribution >= 0.6 is 23.5 Å². The Bertz CT molecular complexity index is 637. The summed E-state index contributed by atoms with van der Waals surface area (Å²) in [6, 6.07) is 9.99. The third kappa shape index (κ3) is 4.80. The van der Waals surface area contributed by atoms with Crippen LogP contribution in [0.2, 0.25) is 0 Å².